The first-order valence-electron chi connectivity index (χ1n) is 9.93. The molecule has 0 spiro atoms. The fraction of sp³-hybridized carbons (Fsp3) is 0.304. The summed E-state index contributed by atoms with van der Waals surface area (Å²) in [6.07, 6.45) is 1.62. The van der Waals surface area contributed by atoms with Gasteiger partial charge < -0.3 is 20.9 Å². The minimum Gasteiger partial charge on any atom is -0.490 e. The number of hydrogen-bond acceptors (Lipinski definition) is 6. The third-order valence-electron chi connectivity index (χ3n) is 5.20. The molecule has 4 rings (SSSR count). The van der Waals surface area contributed by atoms with E-state index in [-0.39, 0.29) is 17.7 Å². The topological polar surface area (TPSA) is 96.3 Å². The number of fused-ring (bicyclic) bond motifs is 1. The van der Waals surface area contributed by atoms with Crippen molar-refractivity contribution in [1.82, 2.24) is 9.97 Å². The number of nitrogens with zero attached hydrogens (tertiary/aromatic N) is 2. The Hall–Kier alpha value is -2.74. The lowest BCUT2D eigenvalue weighted by molar-refractivity contribution is 0.337. The fourth-order valence-electron chi connectivity index (χ4n) is 3.62. The van der Waals surface area contributed by atoms with E-state index < -0.39 is 0 Å². The van der Waals surface area contributed by atoms with Crippen LogP contribution in [-0.4, -0.2) is 37.3 Å². The molecule has 1 aliphatic rings. The molecule has 0 radical (unpaired) electrons. The minimum absolute atomic E-state index is 0.185. The highest BCUT2D eigenvalue weighted by atomic mass is 35.5. The van der Waals surface area contributed by atoms with Crippen molar-refractivity contribution in [2.45, 2.75) is 18.8 Å². The van der Waals surface area contributed by atoms with E-state index in [0.29, 0.717) is 41.1 Å². The molecule has 4 N–H and O–H groups in total. The van der Waals surface area contributed by atoms with Gasteiger partial charge in [0.25, 0.3) is 0 Å². The van der Waals surface area contributed by atoms with Crippen LogP contribution in [0.1, 0.15) is 35.6 Å². The summed E-state index contributed by atoms with van der Waals surface area (Å²) in [7, 11) is 3.02. The standard InChI is InChI=1S/C22H21ClFN3O2.CH5N/c1-12-11-29-21-16(12)9-18(17(10-25)13-3-5-14(24)6-4-13)27-20(21)15-7-8-26-22(28-2)19(15)23;1-2/h3-9,12,17H,10-11,25H2,1-2H3;2H2,1H3. The van der Waals surface area contributed by atoms with Crippen LogP contribution in [0.2, 0.25) is 5.02 Å². The molecule has 164 valence electrons. The first-order valence-corrected chi connectivity index (χ1v) is 10.3. The third-order valence-corrected chi connectivity index (χ3v) is 5.57. The molecule has 0 amide bonds. The average molecular weight is 445 g/mol. The van der Waals surface area contributed by atoms with Crippen molar-refractivity contribution in [2.24, 2.45) is 11.5 Å². The Morgan fingerprint density at radius 2 is 1.97 bits per heavy atom. The van der Waals surface area contributed by atoms with Gasteiger partial charge in [-0.15, -0.1) is 0 Å². The predicted molar refractivity (Wildman–Crippen MR) is 120 cm³/mol. The Balaban J connectivity index is 0.00000132. The van der Waals surface area contributed by atoms with E-state index in [0.717, 1.165) is 16.8 Å². The second-order valence-electron chi connectivity index (χ2n) is 7.05. The Labute approximate surface area is 186 Å². The molecule has 0 saturated carbocycles. The number of ether oxygens (including phenoxy) is 2. The maximum absolute atomic E-state index is 13.4. The summed E-state index contributed by atoms with van der Waals surface area (Å²) in [6.45, 7) is 3.00. The highest BCUT2D eigenvalue weighted by molar-refractivity contribution is 6.34. The van der Waals surface area contributed by atoms with Gasteiger partial charge in [-0.05, 0) is 36.9 Å². The van der Waals surface area contributed by atoms with Gasteiger partial charge >= 0.3 is 0 Å². The lowest BCUT2D eigenvalue weighted by Gasteiger charge is -2.19. The van der Waals surface area contributed by atoms with Crippen LogP contribution < -0.4 is 20.9 Å². The van der Waals surface area contributed by atoms with Gasteiger partial charge in [0.05, 0.1) is 19.4 Å². The third kappa shape index (κ3) is 4.49. The van der Waals surface area contributed by atoms with Crippen LogP contribution in [0.25, 0.3) is 11.3 Å². The Morgan fingerprint density at radius 3 is 2.61 bits per heavy atom. The molecule has 6 nitrogen and oxygen atoms in total. The number of nitrogens with two attached hydrogens (primary N) is 2. The Kier molecular flexibility index (Phi) is 7.43. The summed E-state index contributed by atoms with van der Waals surface area (Å²) >= 11 is 6.53. The molecule has 2 aromatic heterocycles. The van der Waals surface area contributed by atoms with E-state index in [1.165, 1.54) is 26.3 Å². The van der Waals surface area contributed by atoms with Crippen molar-refractivity contribution in [1.29, 1.82) is 0 Å². The van der Waals surface area contributed by atoms with Crippen LogP contribution in [0.4, 0.5) is 4.39 Å². The lowest BCUT2D eigenvalue weighted by Crippen LogP contribution is -2.16. The lowest BCUT2D eigenvalue weighted by atomic mass is 9.91. The van der Waals surface area contributed by atoms with E-state index in [1.807, 2.05) is 6.07 Å². The molecule has 2 atom stereocenters. The maximum Gasteiger partial charge on any atom is 0.232 e. The molecule has 2 unspecified atom stereocenters. The average Bonchev–Trinajstić information content (AvgIpc) is 3.17. The number of methoxy groups -OCH3 is 1. The van der Waals surface area contributed by atoms with Gasteiger partial charge in [0, 0.05) is 35.7 Å². The zero-order valence-corrected chi connectivity index (χ0v) is 18.5. The molecule has 3 heterocycles. The summed E-state index contributed by atoms with van der Waals surface area (Å²) < 4.78 is 24.6. The summed E-state index contributed by atoms with van der Waals surface area (Å²) in [4.78, 5) is 9.03. The highest BCUT2D eigenvalue weighted by Gasteiger charge is 2.29. The smallest absolute Gasteiger partial charge is 0.232 e. The van der Waals surface area contributed by atoms with Crippen molar-refractivity contribution in [3.8, 4) is 22.9 Å². The zero-order chi connectivity index (χ0) is 22.5. The van der Waals surface area contributed by atoms with E-state index in [9.17, 15) is 4.39 Å². The molecule has 31 heavy (non-hydrogen) atoms. The van der Waals surface area contributed by atoms with Gasteiger partial charge in [-0.2, -0.15) is 0 Å². The van der Waals surface area contributed by atoms with Crippen molar-refractivity contribution < 1.29 is 13.9 Å². The van der Waals surface area contributed by atoms with Crippen LogP contribution in [0.15, 0.2) is 42.6 Å². The number of benzene rings is 1. The largest absolute Gasteiger partial charge is 0.490 e. The van der Waals surface area contributed by atoms with Gasteiger partial charge in [0.2, 0.25) is 5.88 Å². The predicted octanol–water partition coefficient (Wildman–Crippen LogP) is 4.11. The van der Waals surface area contributed by atoms with Gasteiger partial charge in [0.15, 0.2) is 0 Å². The van der Waals surface area contributed by atoms with E-state index in [2.05, 4.69) is 17.6 Å². The molecule has 0 aliphatic carbocycles. The first kappa shape index (κ1) is 22.9. The van der Waals surface area contributed by atoms with Crippen molar-refractivity contribution in [3.63, 3.8) is 0 Å². The van der Waals surface area contributed by atoms with Gasteiger partial charge in [-0.3, -0.25) is 0 Å². The minimum atomic E-state index is -0.287. The molecule has 0 fully saturated rings. The van der Waals surface area contributed by atoms with Crippen LogP contribution in [-0.2, 0) is 0 Å². The summed E-state index contributed by atoms with van der Waals surface area (Å²) in [5.41, 5.74) is 14.7. The number of aromatic nitrogens is 2. The quantitative estimate of drug-likeness (QED) is 0.614. The van der Waals surface area contributed by atoms with E-state index in [4.69, 9.17) is 31.8 Å². The monoisotopic (exact) mass is 444 g/mol. The highest BCUT2D eigenvalue weighted by Crippen LogP contribution is 2.45. The molecule has 3 aromatic rings. The van der Waals surface area contributed by atoms with Crippen molar-refractivity contribution in [2.75, 3.05) is 27.3 Å². The first-order chi connectivity index (χ1) is 15.0. The van der Waals surface area contributed by atoms with Crippen LogP contribution in [0.5, 0.6) is 11.6 Å². The van der Waals surface area contributed by atoms with Crippen LogP contribution >= 0.6 is 11.6 Å². The maximum atomic E-state index is 13.4. The molecule has 1 aromatic carbocycles. The molecule has 0 saturated heterocycles. The van der Waals surface area contributed by atoms with Crippen molar-refractivity contribution >= 4 is 11.6 Å². The van der Waals surface area contributed by atoms with E-state index in [1.54, 1.807) is 24.4 Å². The molecule has 1 aliphatic heterocycles. The number of pyridine rings is 2. The molecular formula is C23H26ClFN4O2. The second-order valence-corrected chi connectivity index (χ2v) is 7.43. The number of halogens is 2. The van der Waals surface area contributed by atoms with E-state index >= 15 is 0 Å². The van der Waals surface area contributed by atoms with Gasteiger partial charge in [-0.1, -0.05) is 30.7 Å². The number of rotatable bonds is 5. The van der Waals surface area contributed by atoms with Crippen LogP contribution in [0.3, 0.4) is 0 Å². The normalized spacial score (nSPS) is 15.4. The fourth-order valence-corrected chi connectivity index (χ4v) is 3.90. The molecule has 0 bridgehead atoms. The Morgan fingerprint density at radius 1 is 1.26 bits per heavy atom. The summed E-state index contributed by atoms with van der Waals surface area (Å²) in [6, 6.07) is 10.2. The SMILES string of the molecule is CN.COc1nccc(-c2nc(C(CN)c3ccc(F)cc3)cc3c2OCC3C)c1Cl. The summed E-state index contributed by atoms with van der Waals surface area (Å²) in [5.74, 6) is 0.774. The molecular weight excluding hydrogens is 419 g/mol. The second kappa shape index (κ2) is 10.0. The number of hydrogen-bond donors (Lipinski definition) is 2. The summed E-state index contributed by atoms with van der Waals surface area (Å²) in [5, 5.41) is 0.371. The van der Waals surface area contributed by atoms with Gasteiger partial charge in [0.1, 0.15) is 22.3 Å². The van der Waals surface area contributed by atoms with Gasteiger partial charge in [-0.25, -0.2) is 14.4 Å². The molecule has 8 heteroatoms. The Bertz CT molecular complexity index is 1050. The van der Waals surface area contributed by atoms with Crippen LogP contribution in [0, 0.1) is 5.82 Å². The van der Waals surface area contributed by atoms with Crippen molar-refractivity contribution in [3.05, 3.63) is 70.3 Å². The zero-order valence-electron chi connectivity index (χ0n) is 17.7.